The molecule has 4 aromatic rings. The number of carbonyl (C=O) groups excluding carboxylic acids is 1. The van der Waals surface area contributed by atoms with E-state index in [1.54, 1.807) is 25.1 Å². The first-order chi connectivity index (χ1) is 17.1. The van der Waals surface area contributed by atoms with Crippen molar-refractivity contribution in [2.75, 3.05) is 25.3 Å². The van der Waals surface area contributed by atoms with Gasteiger partial charge in [0, 0.05) is 29.3 Å². The van der Waals surface area contributed by atoms with E-state index in [1.165, 1.54) is 0 Å². The van der Waals surface area contributed by atoms with Crippen LogP contribution < -0.4 is 20.5 Å². The average Bonchev–Trinajstić information content (AvgIpc) is 3.26. The Hall–Kier alpha value is -4.40. The predicted octanol–water partition coefficient (Wildman–Crippen LogP) is 3.84. The van der Waals surface area contributed by atoms with E-state index in [2.05, 4.69) is 20.4 Å². The Labute approximate surface area is 201 Å². The lowest BCUT2D eigenvalue weighted by Gasteiger charge is -2.35. The zero-order chi connectivity index (χ0) is 24.1. The lowest BCUT2D eigenvalue weighted by Crippen LogP contribution is -2.33. The second-order valence-electron chi connectivity index (χ2n) is 8.72. The highest BCUT2D eigenvalue weighted by Gasteiger charge is 2.40. The molecule has 1 aliphatic carbocycles. The fourth-order valence-electron chi connectivity index (χ4n) is 5.21. The van der Waals surface area contributed by atoms with E-state index in [9.17, 15) is 4.79 Å². The van der Waals surface area contributed by atoms with Gasteiger partial charge in [0.2, 0.25) is 11.9 Å². The molecule has 3 heterocycles. The highest BCUT2D eigenvalue weighted by Crippen LogP contribution is 2.46. The predicted molar refractivity (Wildman–Crippen MR) is 131 cm³/mol. The van der Waals surface area contributed by atoms with Crippen molar-refractivity contribution in [3.05, 3.63) is 77.1 Å². The number of allylic oxidation sites excluding steroid dienone is 2. The third kappa shape index (κ3) is 3.39. The number of hydrogen-bond donors (Lipinski definition) is 2. The summed E-state index contributed by atoms with van der Waals surface area (Å²) in [7, 11) is 3.22. The molecule has 0 spiro atoms. The molecule has 9 nitrogen and oxygen atoms in total. The highest BCUT2D eigenvalue weighted by atomic mass is 16.5. The Morgan fingerprint density at radius 3 is 2.71 bits per heavy atom. The molecular formula is C26H24N6O3. The molecule has 3 N–H and O–H groups in total. The van der Waals surface area contributed by atoms with Crippen LogP contribution in [0.2, 0.25) is 0 Å². The summed E-state index contributed by atoms with van der Waals surface area (Å²) < 4.78 is 12.6. The van der Waals surface area contributed by atoms with Crippen molar-refractivity contribution in [3.63, 3.8) is 0 Å². The molecular weight excluding hydrogens is 444 g/mol. The van der Waals surface area contributed by atoms with E-state index < -0.39 is 6.04 Å². The van der Waals surface area contributed by atoms with Gasteiger partial charge in [-0.25, -0.2) is 4.68 Å². The summed E-state index contributed by atoms with van der Waals surface area (Å²) in [4.78, 5) is 22.7. The van der Waals surface area contributed by atoms with Crippen molar-refractivity contribution in [1.29, 1.82) is 0 Å². The number of hydrogen-bond acceptors (Lipinski definition) is 8. The maximum absolute atomic E-state index is 13.8. The van der Waals surface area contributed by atoms with Crippen molar-refractivity contribution in [2.24, 2.45) is 0 Å². The molecule has 0 unspecified atom stereocenters. The zero-order valence-corrected chi connectivity index (χ0v) is 19.4. The number of nitrogens with one attached hydrogen (secondary N) is 1. The quantitative estimate of drug-likeness (QED) is 0.464. The van der Waals surface area contributed by atoms with Crippen LogP contribution in [0.4, 0.5) is 11.9 Å². The lowest BCUT2D eigenvalue weighted by atomic mass is 9.77. The van der Waals surface area contributed by atoms with Crippen LogP contribution in [0.1, 0.15) is 35.9 Å². The third-order valence-corrected chi connectivity index (χ3v) is 6.79. The first-order valence-electron chi connectivity index (χ1n) is 11.4. The number of rotatable bonds is 4. The number of nitrogens with zero attached hydrogens (tertiary/aromatic N) is 4. The number of Topliss-reactive ketones (excluding diaryl/α,β-unsaturated/α-hetero) is 1. The summed E-state index contributed by atoms with van der Waals surface area (Å²) in [5, 5.41) is 8.75. The molecule has 1 aliphatic heterocycles. The van der Waals surface area contributed by atoms with Gasteiger partial charge in [0.05, 0.1) is 19.7 Å². The molecule has 2 aromatic carbocycles. The maximum atomic E-state index is 13.8. The van der Waals surface area contributed by atoms with Crippen molar-refractivity contribution in [3.8, 4) is 11.5 Å². The van der Waals surface area contributed by atoms with Gasteiger partial charge in [-0.3, -0.25) is 9.78 Å². The minimum absolute atomic E-state index is 0.0183. The smallest absolute Gasteiger partial charge is 0.241 e. The van der Waals surface area contributed by atoms with E-state index in [1.807, 2.05) is 48.5 Å². The summed E-state index contributed by atoms with van der Waals surface area (Å²) in [5.74, 6) is 2.01. The molecule has 0 bridgehead atoms. The first kappa shape index (κ1) is 21.2. The van der Waals surface area contributed by atoms with Gasteiger partial charge in [-0.15, -0.1) is 5.10 Å². The Morgan fingerprint density at radius 2 is 1.89 bits per heavy atom. The third-order valence-electron chi connectivity index (χ3n) is 6.79. The van der Waals surface area contributed by atoms with E-state index in [0.717, 1.165) is 27.7 Å². The Bertz CT molecular complexity index is 1500. The molecule has 9 heteroatoms. The topological polar surface area (TPSA) is 117 Å². The van der Waals surface area contributed by atoms with Crippen molar-refractivity contribution in [1.82, 2.24) is 19.7 Å². The van der Waals surface area contributed by atoms with E-state index in [0.29, 0.717) is 35.9 Å². The number of ether oxygens (including phenoxy) is 2. The van der Waals surface area contributed by atoms with Gasteiger partial charge in [0.25, 0.3) is 0 Å². The van der Waals surface area contributed by atoms with Crippen LogP contribution in [0.5, 0.6) is 11.5 Å². The van der Waals surface area contributed by atoms with Crippen LogP contribution in [0.25, 0.3) is 10.9 Å². The number of fused-ring (bicyclic) bond motifs is 2. The van der Waals surface area contributed by atoms with Gasteiger partial charge in [0.15, 0.2) is 17.3 Å². The number of para-hydroxylation sites is 1. The SMILES string of the molecule is COc1ccc([C@H]2CC(=O)C3=C(C2)Nc2nc(N)nn2[C@@H]3c2ccnc3ccccc23)cc1OC. The molecule has 2 aliphatic rings. The minimum atomic E-state index is -0.446. The summed E-state index contributed by atoms with van der Waals surface area (Å²) in [6, 6.07) is 15.2. The molecule has 0 fully saturated rings. The number of pyridine rings is 1. The number of aromatic nitrogens is 4. The number of nitrogens with two attached hydrogens (primary N) is 1. The summed E-state index contributed by atoms with van der Waals surface area (Å²) in [6.07, 6.45) is 2.78. The van der Waals surface area contributed by atoms with E-state index in [4.69, 9.17) is 15.2 Å². The largest absolute Gasteiger partial charge is 0.493 e. The molecule has 0 saturated heterocycles. The molecule has 0 saturated carbocycles. The highest BCUT2D eigenvalue weighted by molar-refractivity contribution is 6.01. The molecule has 176 valence electrons. The Morgan fingerprint density at radius 1 is 1.06 bits per heavy atom. The molecule has 2 aromatic heterocycles. The molecule has 0 amide bonds. The normalized spacial score (nSPS) is 19.2. The minimum Gasteiger partial charge on any atom is -0.493 e. The summed E-state index contributed by atoms with van der Waals surface area (Å²) in [6.45, 7) is 0. The molecule has 2 atom stereocenters. The number of methoxy groups -OCH3 is 2. The fraction of sp³-hybridized carbons (Fsp3) is 0.231. The van der Waals surface area contributed by atoms with Gasteiger partial charge in [0.1, 0.15) is 6.04 Å². The van der Waals surface area contributed by atoms with Gasteiger partial charge < -0.3 is 20.5 Å². The van der Waals surface area contributed by atoms with Crippen LogP contribution in [-0.4, -0.2) is 39.8 Å². The standard InChI is InChI=1S/C26H24N6O3/c1-34-21-8-7-14(13-22(21)35-2)15-11-19-23(20(33)12-15)24(32-26(29-19)30-25(27)31-32)17-9-10-28-18-6-4-3-5-16(17)18/h3-10,13,15,24H,11-12H2,1-2H3,(H3,27,29,30,31)/t15-,24-/m1/s1. The number of carbonyl (C=O) groups is 1. The summed E-state index contributed by atoms with van der Waals surface area (Å²) >= 11 is 0. The van der Waals surface area contributed by atoms with Crippen molar-refractivity contribution >= 4 is 28.6 Å². The van der Waals surface area contributed by atoms with Crippen LogP contribution in [0.15, 0.2) is 66.0 Å². The van der Waals surface area contributed by atoms with Crippen molar-refractivity contribution < 1.29 is 14.3 Å². The second kappa shape index (κ2) is 8.12. The van der Waals surface area contributed by atoms with Gasteiger partial charge in [-0.2, -0.15) is 4.98 Å². The number of nitrogen functional groups attached to an aromatic ring is 1. The summed E-state index contributed by atoms with van der Waals surface area (Å²) in [5.41, 5.74) is 10.3. The Balaban J connectivity index is 1.48. The molecule has 35 heavy (non-hydrogen) atoms. The average molecular weight is 469 g/mol. The number of benzene rings is 2. The van der Waals surface area contributed by atoms with Crippen LogP contribution in [0, 0.1) is 0 Å². The van der Waals surface area contributed by atoms with E-state index >= 15 is 0 Å². The Kier molecular flexibility index (Phi) is 4.91. The van der Waals surface area contributed by atoms with Crippen LogP contribution in [0.3, 0.4) is 0 Å². The van der Waals surface area contributed by atoms with Gasteiger partial charge >= 0.3 is 0 Å². The van der Waals surface area contributed by atoms with Gasteiger partial charge in [-0.05, 0) is 47.7 Å². The monoisotopic (exact) mass is 468 g/mol. The number of ketones is 1. The molecule has 6 rings (SSSR count). The second-order valence-corrected chi connectivity index (χ2v) is 8.72. The number of anilines is 2. The maximum Gasteiger partial charge on any atom is 0.241 e. The lowest BCUT2D eigenvalue weighted by molar-refractivity contribution is -0.116. The van der Waals surface area contributed by atoms with E-state index in [-0.39, 0.29) is 17.6 Å². The van der Waals surface area contributed by atoms with Gasteiger partial charge in [-0.1, -0.05) is 24.3 Å². The van der Waals surface area contributed by atoms with Crippen molar-refractivity contribution in [2.45, 2.75) is 24.8 Å². The fourth-order valence-corrected chi connectivity index (χ4v) is 5.21. The first-order valence-corrected chi connectivity index (χ1v) is 11.4. The van der Waals surface area contributed by atoms with Crippen LogP contribution in [-0.2, 0) is 4.79 Å². The molecule has 0 radical (unpaired) electrons. The van der Waals surface area contributed by atoms with Crippen LogP contribution >= 0.6 is 0 Å². The zero-order valence-electron chi connectivity index (χ0n) is 19.4.